The van der Waals surface area contributed by atoms with Gasteiger partial charge in [0.25, 0.3) is 5.91 Å². The normalized spacial score (nSPS) is 11.3. The number of aromatic nitrogens is 1. The van der Waals surface area contributed by atoms with E-state index in [4.69, 9.17) is 9.88 Å². The molecule has 0 bridgehead atoms. The van der Waals surface area contributed by atoms with E-state index in [9.17, 15) is 13.2 Å². The van der Waals surface area contributed by atoms with Crippen LogP contribution in [0.4, 0.5) is 5.69 Å². The Bertz CT molecular complexity index is 1140. The van der Waals surface area contributed by atoms with E-state index < -0.39 is 10.0 Å². The Morgan fingerprint density at radius 1 is 1.07 bits per heavy atom. The van der Waals surface area contributed by atoms with Crippen LogP contribution in [0.25, 0.3) is 5.69 Å². The lowest BCUT2D eigenvalue weighted by atomic mass is 10.2. The van der Waals surface area contributed by atoms with Gasteiger partial charge in [0, 0.05) is 22.8 Å². The lowest BCUT2D eigenvalue weighted by molar-refractivity contribution is 0.102. The van der Waals surface area contributed by atoms with E-state index in [0.717, 1.165) is 17.1 Å². The van der Waals surface area contributed by atoms with Crippen molar-refractivity contribution in [1.29, 1.82) is 0 Å². The molecule has 0 aliphatic rings. The number of methoxy groups -OCH3 is 1. The van der Waals surface area contributed by atoms with Crippen molar-refractivity contribution in [2.45, 2.75) is 18.7 Å². The zero-order chi connectivity index (χ0) is 20.5. The molecule has 1 amide bonds. The maximum absolute atomic E-state index is 12.8. The molecule has 0 radical (unpaired) electrons. The van der Waals surface area contributed by atoms with E-state index in [1.165, 1.54) is 19.2 Å². The van der Waals surface area contributed by atoms with Crippen molar-refractivity contribution in [2.75, 3.05) is 12.4 Å². The molecule has 3 N–H and O–H groups in total. The summed E-state index contributed by atoms with van der Waals surface area (Å²) in [6.45, 7) is 3.78. The summed E-state index contributed by atoms with van der Waals surface area (Å²) < 4.78 is 30.5. The molecular formula is C20H21N3O4S. The predicted octanol–water partition coefficient (Wildman–Crippen LogP) is 3.00. The number of nitrogens with zero attached hydrogens (tertiary/aromatic N) is 1. The fraction of sp³-hybridized carbons (Fsp3) is 0.150. The minimum Gasteiger partial charge on any atom is -0.495 e. The van der Waals surface area contributed by atoms with E-state index >= 15 is 0 Å². The van der Waals surface area contributed by atoms with Gasteiger partial charge in [-0.05, 0) is 50.2 Å². The molecule has 8 heteroatoms. The summed E-state index contributed by atoms with van der Waals surface area (Å²) in [4.78, 5) is 12.6. The number of sulfonamides is 1. The topological polar surface area (TPSA) is 103 Å². The minimum atomic E-state index is -4.00. The number of carbonyl (C=O) groups is 1. The second-order valence-corrected chi connectivity index (χ2v) is 7.85. The molecule has 2 aromatic carbocycles. The third-order valence-electron chi connectivity index (χ3n) is 4.42. The average Bonchev–Trinajstić information content (AvgIpc) is 2.96. The zero-order valence-corrected chi connectivity index (χ0v) is 16.6. The molecule has 3 aromatic rings. The lowest BCUT2D eigenvalue weighted by Crippen LogP contribution is -2.16. The fourth-order valence-electron chi connectivity index (χ4n) is 3.14. The van der Waals surface area contributed by atoms with Crippen molar-refractivity contribution >= 4 is 21.6 Å². The standard InChI is InChI=1S/C20H21N3O4S/c1-13-11-17(14(2)23(13)16-7-5-4-6-8-16)20(24)22-15-9-10-18(27-3)19(12-15)28(21,25)26/h4-12H,1-3H3,(H,22,24)(H2,21,25,26). The summed E-state index contributed by atoms with van der Waals surface area (Å²) >= 11 is 0. The summed E-state index contributed by atoms with van der Waals surface area (Å²) in [5, 5.41) is 7.96. The van der Waals surface area contributed by atoms with Gasteiger partial charge in [-0.3, -0.25) is 4.79 Å². The van der Waals surface area contributed by atoms with Gasteiger partial charge in [0.15, 0.2) is 0 Å². The van der Waals surface area contributed by atoms with Crippen molar-refractivity contribution in [3.05, 3.63) is 71.5 Å². The first kappa shape index (κ1) is 19.7. The van der Waals surface area contributed by atoms with Gasteiger partial charge >= 0.3 is 0 Å². The highest BCUT2D eigenvalue weighted by atomic mass is 32.2. The number of hydrogen-bond donors (Lipinski definition) is 2. The van der Waals surface area contributed by atoms with Gasteiger partial charge < -0.3 is 14.6 Å². The van der Waals surface area contributed by atoms with Crippen LogP contribution >= 0.6 is 0 Å². The number of rotatable bonds is 5. The molecule has 146 valence electrons. The van der Waals surface area contributed by atoms with Crippen LogP contribution in [0.1, 0.15) is 21.7 Å². The Kier molecular flexibility index (Phi) is 5.26. The number of anilines is 1. The van der Waals surface area contributed by atoms with Crippen molar-refractivity contribution in [2.24, 2.45) is 5.14 Å². The molecule has 0 atom stereocenters. The molecule has 0 spiro atoms. The zero-order valence-electron chi connectivity index (χ0n) is 15.8. The van der Waals surface area contributed by atoms with Gasteiger partial charge in [-0.25, -0.2) is 13.6 Å². The molecule has 28 heavy (non-hydrogen) atoms. The molecule has 1 heterocycles. The van der Waals surface area contributed by atoms with Crippen LogP contribution in [0, 0.1) is 13.8 Å². The van der Waals surface area contributed by atoms with Crippen molar-refractivity contribution in [3.8, 4) is 11.4 Å². The number of amides is 1. The molecule has 3 rings (SSSR count). The van der Waals surface area contributed by atoms with Gasteiger partial charge in [0.05, 0.1) is 12.7 Å². The molecule has 0 aliphatic carbocycles. The number of benzene rings is 2. The van der Waals surface area contributed by atoms with Crippen LogP contribution < -0.4 is 15.2 Å². The lowest BCUT2D eigenvalue weighted by Gasteiger charge is -2.11. The first-order chi connectivity index (χ1) is 13.2. The molecule has 0 unspecified atom stereocenters. The molecule has 0 saturated heterocycles. The van der Waals surface area contributed by atoms with E-state index in [-0.39, 0.29) is 16.6 Å². The maximum atomic E-state index is 12.8. The van der Waals surface area contributed by atoms with E-state index in [2.05, 4.69) is 5.32 Å². The maximum Gasteiger partial charge on any atom is 0.257 e. The predicted molar refractivity (Wildman–Crippen MR) is 108 cm³/mol. The van der Waals surface area contributed by atoms with Crippen LogP contribution in [0.2, 0.25) is 0 Å². The van der Waals surface area contributed by atoms with Crippen molar-refractivity contribution in [1.82, 2.24) is 4.57 Å². The summed E-state index contributed by atoms with van der Waals surface area (Å²) in [6, 6.07) is 15.8. The van der Waals surface area contributed by atoms with Crippen molar-refractivity contribution in [3.63, 3.8) is 0 Å². The van der Waals surface area contributed by atoms with Crippen LogP contribution in [-0.2, 0) is 10.0 Å². The number of para-hydroxylation sites is 1. The summed E-state index contributed by atoms with van der Waals surface area (Å²) in [6.07, 6.45) is 0. The fourth-order valence-corrected chi connectivity index (χ4v) is 3.87. The molecule has 0 saturated carbocycles. The van der Waals surface area contributed by atoms with Crippen LogP contribution in [0.15, 0.2) is 59.5 Å². The van der Waals surface area contributed by atoms with Gasteiger partial charge in [-0.1, -0.05) is 18.2 Å². The van der Waals surface area contributed by atoms with Crippen LogP contribution in [-0.4, -0.2) is 26.0 Å². The third kappa shape index (κ3) is 3.78. The molecule has 0 aliphatic heterocycles. The van der Waals surface area contributed by atoms with Crippen molar-refractivity contribution < 1.29 is 17.9 Å². The van der Waals surface area contributed by atoms with E-state index in [1.54, 1.807) is 12.1 Å². The summed E-state index contributed by atoms with van der Waals surface area (Å²) in [5.41, 5.74) is 3.45. The minimum absolute atomic E-state index is 0.114. The Hall–Kier alpha value is -3.10. The first-order valence-corrected chi connectivity index (χ1v) is 10.0. The summed E-state index contributed by atoms with van der Waals surface area (Å²) in [5.74, 6) is -0.233. The molecule has 7 nitrogen and oxygen atoms in total. The smallest absolute Gasteiger partial charge is 0.257 e. The first-order valence-electron chi connectivity index (χ1n) is 8.49. The molecular weight excluding hydrogens is 378 g/mol. The quantitative estimate of drug-likeness (QED) is 0.688. The number of primary sulfonamides is 1. The SMILES string of the molecule is COc1ccc(NC(=O)c2cc(C)n(-c3ccccc3)c2C)cc1S(N)(=O)=O. The molecule has 1 aromatic heterocycles. The second kappa shape index (κ2) is 7.49. The average molecular weight is 399 g/mol. The summed E-state index contributed by atoms with van der Waals surface area (Å²) in [7, 11) is -2.65. The Morgan fingerprint density at radius 3 is 2.36 bits per heavy atom. The van der Waals surface area contributed by atoms with Gasteiger partial charge in [0.1, 0.15) is 10.6 Å². The highest BCUT2D eigenvalue weighted by Gasteiger charge is 2.19. The van der Waals surface area contributed by atoms with E-state index in [0.29, 0.717) is 11.3 Å². The van der Waals surface area contributed by atoms with E-state index in [1.807, 2.05) is 48.7 Å². The largest absolute Gasteiger partial charge is 0.495 e. The Morgan fingerprint density at radius 2 is 1.75 bits per heavy atom. The van der Waals surface area contributed by atoms with Crippen LogP contribution in [0.5, 0.6) is 5.75 Å². The highest BCUT2D eigenvalue weighted by Crippen LogP contribution is 2.27. The monoisotopic (exact) mass is 399 g/mol. The highest BCUT2D eigenvalue weighted by molar-refractivity contribution is 7.89. The van der Waals surface area contributed by atoms with Gasteiger partial charge in [-0.15, -0.1) is 0 Å². The number of nitrogens with two attached hydrogens (primary N) is 1. The Balaban J connectivity index is 1.95. The number of nitrogens with one attached hydrogen (secondary N) is 1. The Labute approximate surface area is 163 Å². The third-order valence-corrected chi connectivity index (χ3v) is 5.35. The van der Waals surface area contributed by atoms with Gasteiger partial charge in [-0.2, -0.15) is 0 Å². The number of hydrogen-bond acceptors (Lipinski definition) is 4. The number of carbonyl (C=O) groups excluding carboxylic acids is 1. The van der Waals surface area contributed by atoms with Gasteiger partial charge in [0.2, 0.25) is 10.0 Å². The van der Waals surface area contributed by atoms with Crippen LogP contribution in [0.3, 0.4) is 0 Å². The number of aryl methyl sites for hydroxylation is 1. The number of ether oxygens (including phenoxy) is 1. The molecule has 0 fully saturated rings. The second-order valence-electron chi connectivity index (χ2n) is 6.32.